The van der Waals surface area contributed by atoms with E-state index in [1.807, 2.05) is 106 Å². The van der Waals surface area contributed by atoms with Crippen molar-refractivity contribution in [1.82, 2.24) is 5.32 Å². The van der Waals surface area contributed by atoms with Gasteiger partial charge in [-0.05, 0) is 87.0 Å². The second kappa shape index (κ2) is 15.6. The molecule has 3 atom stereocenters. The second-order valence-corrected chi connectivity index (χ2v) is 19.1. The predicted molar refractivity (Wildman–Crippen MR) is 184 cm³/mol. The first kappa shape index (κ1) is 35.9. The van der Waals surface area contributed by atoms with E-state index in [-0.39, 0.29) is 5.04 Å². The summed E-state index contributed by atoms with van der Waals surface area (Å²) in [4.78, 5) is 26.1. The van der Waals surface area contributed by atoms with E-state index >= 15 is 0 Å². The standard InChI is InChI=1S/C37H52N2O5Si/c1-36(2,3)43-35(41)39-32(24-27-15-11-9-12-16-27)33(44-45(7,8)37(4,5)6)25-30(34(38)40)23-28-19-21-31(22-20-28)42-26-29-17-13-10-14-18-29/h9-22,30,32-33H,23-26H2,1-8H3,(H2,38,40)(H,39,41)/t30-,32+,33+/m1/s1. The summed E-state index contributed by atoms with van der Waals surface area (Å²) in [5.74, 6) is -0.171. The van der Waals surface area contributed by atoms with Gasteiger partial charge in [-0.15, -0.1) is 0 Å². The fourth-order valence-electron chi connectivity index (χ4n) is 4.78. The number of hydrogen-bond acceptors (Lipinski definition) is 5. The van der Waals surface area contributed by atoms with Crippen molar-refractivity contribution in [3.05, 3.63) is 102 Å². The number of primary amides is 1. The molecular weight excluding hydrogens is 581 g/mol. The predicted octanol–water partition coefficient (Wildman–Crippen LogP) is 7.83. The largest absolute Gasteiger partial charge is 0.489 e. The van der Waals surface area contributed by atoms with Gasteiger partial charge in [0.2, 0.25) is 5.91 Å². The molecule has 0 unspecified atom stereocenters. The summed E-state index contributed by atoms with van der Waals surface area (Å²) in [6.07, 6.45) is 0.300. The highest BCUT2D eigenvalue weighted by Gasteiger charge is 2.42. The zero-order valence-electron chi connectivity index (χ0n) is 28.3. The van der Waals surface area contributed by atoms with Crippen LogP contribution in [0, 0.1) is 5.92 Å². The van der Waals surface area contributed by atoms with Crippen molar-refractivity contribution in [1.29, 1.82) is 0 Å². The van der Waals surface area contributed by atoms with E-state index < -0.39 is 44.0 Å². The second-order valence-electron chi connectivity index (χ2n) is 14.3. The summed E-state index contributed by atoms with van der Waals surface area (Å²) in [6.45, 7) is 16.9. The van der Waals surface area contributed by atoms with Crippen molar-refractivity contribution >= 4 is 20.3 Å². The van der Waals surface area contributed by atoms with Gasteiger partial charge in [0.05, 0.1) is 12.1 Å². The van der Waals surface area contributed by atoms with E-state index in [1.165, 1.54) is 0 Å². The van der Waals surface area contributed by atoms with Crippen LogP contribution >= 0.6 is 0 Å². The summed E-state index contributed by atoms with van der Waals surface area (Å²) in [7, 11) is -2.34. The third-order valence-electron chi connectivity index (χ3n) is 8.27. The minimum atomic E-state index is -2.34. The van der Waals surface area contributed by atoms with E-state index in [0.29, 0.717) is 25.9 Å². The molecule has 3 N–H and O–H groups in total. The van der Waals surface area contributed by atoms with E-state index in [0.717, 1.165) is 22.4 Å². The Labute approximate surface area is 271 Å². The molecule has 0 fully saturated rings. The summed E-state index contributed by atoms with van der Waals surface area (Å²) >= 11 is 0. The van der Waals surface area contributed by atoms with E-state index in [2.05, 4.69) is 39.2 Å². The van der Waals surface area contributed by atoms with Crippen molar-refractivity contribution in [3.8, 4) is 5.75 Å². The number of carbonyl (C=O) groups is 2. The molecule has 7 nitrogen and oxygen atoms in total. The van der Waals surface area contributed by atoms with Crippen LogP contribution in [-0.2, 0) is 33.4 Å². The van der Waals surface area contributed by atoms with Gasteiger partial charge in [0.25, 0.3) is 0 Å². The molecule has 2 amide bonds. The van der Waals surface area contributed by atoms with Gasteiger partial charge in [0.15, 0.2) is 8.32 Å². The van der Waals surface area contributed by atoms with Gasteiger partial charge in [0.1, 0.15) is 18.0 Å². The normalized spacial score (nSPS) is 14.2. The fraction of sp³-hybridized carbons (Fsp3) is 0.459. The molecule has 0 aliphatic heterocycles. The SMILES string of the molecule is CC(C)(C)OC(=O)N[C@@H](Cc1ccccc1)[C@H](C[C@@H](Cc1ccc(OCc2ccccc2)cc1)C(N)=O)O[Si](C)(C)C(C)(C)C. The highest BCUT2D eigenvalue weighted by atomic mass is 28.4. The Bertz CT molecular complexity index is 1350. The zero-order valence-corrected chi connectivity index (χ0v) is 29.3. The van der Waals surface area contributed by atoms with Gasteiger partial charge in [-0.25, -0.2) is 4.79 Å². The third-order valence-corrected chi connectivity index (χ3v) is 12.8. The first-order valence-corrected chi connectivity index (χ1v) is 18.7. The van der Waals surface area contributed by atoms with E-state index in [4.69, 9.17) is 19.6 Å². The van der Waals surface area contributed by atoms with Crippen LogP contribution in [-0.4, -0.2) is 38.1 Å². The molecule has 0 spiro atoms. The Balaban J connectivity index is 1.87. The number of ether oxygens (including phenoxy) is 2. The minimum absolute atomic E-state index is 0.0910. The summed E-state index contributed by atoms with van der Waals surface area (Å²) < 4.78 is 18.6. The Morgan fingerprint density at radius 3 is 1.82 bits per heavy atom. The maximum absolute atomic E-state index is 13.1. The van der Waals surface area contributed by atoms with Gasteiger partial charge in [-0.1, -0.05) is 93.6 Å². The maximum Gasteiger partial charge on any atom is 0.407 e. The Morgan fingerprint density at radius 1 is 0.778 bits per heavy atom. The maximum atomic E-state index is 13.1. The van der Waals surface area contributed by atoms with Crippen LogP contribution in [0.3, 0.4) is 0 Å². The lowest BCUT2D eigenvalue weighted by Crippen LogP contribution is -2.54. The summed E-state index contributed by atoms with van der Waals surface area (Å²) in [6, 6.07) is 27.3. The minimum Gasteiger partial charge on any atom is -0.489 e. The van der Waals surface area contributed by atoms with Crippen molar-refractivity contribution in [2.24, 2.45) is 11.7 Å². The molecule has 0 heterocycles. The molecule has 0 saturated heterocycles. The molecule has 3 rings (SSSR count). The topological polar surface area (TPSA) is 99.9 Å². The van der Waals surface area contributed by atoms with Gasteiger partial charge >= 0.3 is 6.09 Å². The fourth-order valence-corrected chi connectivity index (χ4v) is 6.15. The Hall–Kier alpha value is -3.62. The zero-order chi connectivity index (χ0) is 33.3. The number of nitrogens with two attached hydrogens (primary N) is 1. The molecule has 8 heteroatoms. The molecule has 0 aliphatic carbocycles. The number of benzene rings is 3. The molecule has 244 valence electrons. The number of nitrogens with one attached hydrogen (secondary N) is 1. The lowest BCUT2D eigenvalue weighted by atomic mass is 9.89. The first-order chi connectivity index (χ1) is 21.0. The summed E-state index contributed by atoms with van der Waals surface area (Å²) in [5.41, 5.74) is 8.48. The van der Waals surface area contributed by atoms with Crippen LogP contribution in [0.15, 0.2) is 84.9 Å². The van der Waals surface area contributed by atoms with E-state index in [1.54, 1.807) is 0 Å². The van der Waals surface area contributed by atoms with Crippen LogP contribution in [0.5, 0.6) is 5.75 Å². The van der Waals surface area contributed by atoms with Gasteiger partial charge in [-0.3, -0.25) is 4.79 Å². The number of carbonyl (C=O) groups excluding carboxylic acids is 2. The van der Waals surface area contributed by atoms with Crippen molar-refractivity contribution in [3.63, 3.8) is 0 Å². The van der Waals surface area contributed by atoms with Crippen LogP contribution in [0.2, 0.25) is 18.1 Å². The average Bonchev–Trinajstić information content (AvgIpc) is 2.95. The molecule has 0 bridgehead atoms. The van der Waals surface area contributed by atoms with Crippen molar-refractivity contribution in [2.75, 3.05) is 0 Å². The number of amides is 2. The molecule has 0 aliphatic rings. The van der Waals surface area contributed by atoms with Crippen molar-refractivity contribution < 1.29 is 23.5 Å². The number of hydrogen-bond donors (Lipinski definition) is 2. The smallest absolute Gasteiger partial charge is 0.407 e. The molecule has 0 saturated carbocycles. The monoisotopic (exact) mass is 632 g/mol. The first-order valence-electron chi connectivity index (χ1n) is 15.8. The Kier molecular flexibility index (Phi) is 12.4. The summed E-state index contributed by atoms with van der Waals surface area (Å²) in [5, 5.41) is 3.02. The molecule has 0 radical (unpaired) electrons. The van der Waals surface area contributed by atoms with Gasteiger partial charge in [-0.2, -0.15) is 0 Å². The van der Waals surface area contributed by atoms with Crippen LogP contribution in [0.1, 0.15) is 64.7 Å². The number of alkyl carbamates (subject to hydrolysis) is 1. The highest BCUT2D eigenvalue weighted by molar-refractivity contribution is 6.74. The van der Waals surface area contributed by atoms with Crippen molar-refractivity contribution in [2.45, 2.75) is 103 Å². The van der Waals surface area contributed by atoms with Crippen LogP contribution in [0.4, 0.5) is 4.79 Å². The molecule has 3 aromatic rings. The molecular formula is C37H52N2O5Si. The van der Waals surface area contributed by atoms with Gasteiger partial charge < -0.3 is 25.0 Å². The molecule has 0 aromatic heterocycles. The Morgan fingerprint density at radius 2 is 1.31 bits per heavy atom. The number of rotatable bonds is 14. The third kappa shape index (κ3) is 12.0. The van der Waals surface area contributed by atoms with Gasteiger partial charge in [0, 0.05) is 5.92 Å². The lowest BCUT2D eigenvalue weighted by molar-refractivity contribution is -0.122. The highest BCUT2D eigenvalue weighted by Crippen LogP contribution is 2.39. The molecule has 45 heavy (non-hydrogen) atoms. The lowest BCUT2D eigenvalue weighted by Gasteiger charge is -2.42. The molecule has 3 aromatic carbocycles. The van der Waals surface area contributed by atoms with Crippen LogP contribution in [0.25, 0.3) is 0 Å². The van der Waals surface area contributed by atoms with Crippen LogP contribution < -0.4 is 15.8 Å². The van der Waals surface area contributed by atoms with E-state index in [9.17, 15) is 9.59 Å². The average molecular weight is 633 g/mol. The quantitative estimate of drug-likeness (QED) is 0.177.